The molecule has 4 rings (SSSR count). The summed E-state index contributed by atoms with van der Waals surface area (Å²) in [6.07, 6.45) is 0.969. The lowest BCUT2D eigenvalue weighted by Crippen LogP contribution is -2.20. The van der Waals surface area contributed by atoms with E-state index in [1.54, 1.807) is 12.1 Å². The predicted molar refractivity (Wildman–Crippen MR) is 114 cm³/mol. The molecular formula is C24H22N2O3. The molecule has 0 saturated carbocycles. The number of benzene rings is 3. The molecule has 1 heterocycles. The highest BCUT2D eigenvalue weighted by Crippen LogP contribution is 2.26. The Bertz CT molecular complexity index is 1150. The number of anilines is 1. The maximum absolute atomic E-state index is 12.2. The van der Waals surface area contributed by atoms with Gasteiger partial charge < -0.3 is 14.5 Å². The van der Waals surface area contributed by atoms with Gasteiger partial charge in [0.05, 0.1) is 0 Å². The van der Waals surface area contributed by atoms with E-state index in [4.69, 9.17) is 9.15 Å². The molecule has 1 aromatic heterocycles. The molecule has 0 radical (unpaired) electrons. The van der Waals surface area contributed by atoms with Crippen molar-refractivity contribution in [2.45, 2.75) is 20.3 Å². The fourth-order valence-corrected chi connectivity index (χ4v) is 3.07. The second-order valence-electron chi connectivity index (χ2n) is 6.91. The fraction of sp³-hybridized carbons (Fsp3) is 0.167. The highest BCUT2D eigenvalue weighted by molar-refractivity contribution is 5.94. The van der Waals surface area contributed by atoms with E-state index in [1.807, 2.05) is 61.5 Å². The highest BCUT2D eigenvalue weighted by Gasteiger charge is 2.10. The standard InChI is InChI=1S/C24H22N2O3/c1-3-17-7-10-20(11-8-17)28-15-23(27)25-19-9-12-22-21(14-19)26-24(29-22)18-6-4-5-16(2)13-18/h4-14H,3,15H2,1-2H3,(H,25,27). The number of aryl methyl sites for hydroxylation is 2. The van der Waals surface area contributed by atoms with E-state index in [1.165, 1.54) is 5.56 Å². The Labute approximate surface area is 169 Å². The molecule has 5 nitrogen and oxygen atoms in total. The number of hydrogen-bond acceptors (Lipinski definition) is 4. The Morgan fingerprint density at radius 2 is 1.90 bits per heavy atom. The first-order valence-electron chi connectivity index (χ1n) is 9.60. The van der Waals surface area contributed by atoms with E-state index in [0.717, 1.165) is 17.5 Å². The van der Waals surface area contributed by atoms with Crippen molar-refractivity contribution >= 4 is 22.7 Å². The van der Waals surface area contributed by atoms with E-state index < -0.39 is 0 Å². The van der Waals surface area contributed by atoms with Crippen molar-refractivity contribution in [2.24, 2.45) is 0 Å². The van der Waals surface area contributed by atoms with Crippen LogP contribution in [0, 0.1) is 6.92 Å². The van der Waals surface area contributed by atoms with Gasteiger partial charge in [0.2, 0.25) is 5.89 Å². The summed E-state index contributed by atoms with van der Waals surface area (Å²) in [5.74, 6) is 1.00. The van der Waals surface area contributed by atoms with Gasteiger partial charge in [0, 0.05) is 11.3 Å². The van der Waals surface area contributed by atoms with Crippen molar-refractivity contribution in [1.82, 2.24) is 4.98 Å². The third kappa shape index (κ3) is 4.46. The number of hydrogen-bond donors (Lipinski definition) is 1. The van der Waals surface area contributed by atoms with Crippen LogP contribution < -0.4 is 10.1 Å². The smallest absolute Gasteiger partial charge is 0.262 e. The Morgan fingerprint density at radius 1 is 1.07 bits per heavy atom. The zero-order valence-corrected chi connectivity index (χ0v) is 16.4. The van der Waals surface area contributed by atoms with E-state index in [0.29, 0.717) is 28.4 Å². The van der Waals surface area contributed by atoms with Crippen LogP contribution in [0.3, 0.4) is 0 Å². The molecule has 4 aromatic rings. The third-order valence-corrected chi connectivity index (χ3v) is 4.64. The second kappa shape index (κ2) is 8.19. The molecule has 0 aliphatic heterocycles. The first-order chi connectivity index (χ1) is 14.1. The van der Waals surface area contributed by atoms with Crippen LogP contribution in [-0.4, -0.2) is 17.5 Å². The van der Waals surface area contributed by atoms with E-state index >= 15 is 0 Å². The number of amides is 1. The number of carbonyl (C=O) groups is 1. The molecule has 1 amide bonds. The minimum absolute atomic E-state index is 0.0587. The quantitative estimate of drug-likeness (QED) is 0.483. The van der Waals surface area contributed by atoms with Gasteiger partial charge in [-0.25, -0.2) is 4.98 Å². The summed E-state index contributed by atoms with van der Waals surface area (Å²) in [6.45, 7) is 4.07. The number of nitrogens with one attached hydrogen (secondary N) is 1. The SMILES string of the molecule is CCc1ccc(OCC(=O)Nc2ccc3oc(-c4cccc(C)c4)nc3c2)cc1. The van der Waals surface area contributed by atoms with Crippen LogP contribution in [-0.2, 0) is 11.2 Å². The van der Waals surface area contributed by atoms with Gasteiger partial charge in [-0.15, -0.1) is 0 Å². The number of nitrogens with zero attached hydrogens (tertiary/aromatic N) is 1. The van der Waals surface area contributed by atoms with Crippen molar-refractivity contribution in [3.05, 3.63) is 77.9 Å². The van der Waals surface area contributed by atoms with E-state index in [2.05, 4.69) is 17.2 Å². The van der Waals surface area contributed by atoms with Crippen LogP contribution in [0.5, 0.6) is 5.75 Å². The number of oxazole rings is 1. The van der Waals surface area contributed by atoms with Crippen LogP contribution in [0.25, 0.3) is 22.6 Å². The molecule has 0 fully saturated rings. The summed E-state index contributed by atoms with van der Waals surface area (Å²) in [5, 5.41) is 2.84. The summed E-state index contributed by atoms with van der Waals surface area (Å²) >= 11 is 0. The zero-order valence-electron chi connectivity index (χ0n) is 16.4. The maximum atomic E-state index is 12.2. The first-order valence-corrected chi connectivity index (χ1v) is 9.60. The molecule has 0 spiro atoms. The Morgan fingerprint density at radius 3 is 2.66 bits per heavy atom. The van der Waals surface area contributed by atoms with E-state index in [9.17, 15) is 4.79 Å². The van der Waals surface area contributed by atoms with Crippen LogP contribution >= 0.6 is 0 Å². The first kappa shape index (κ1) is 18.7. The summed E-state index contributed by atoms with van der Waals surface area (Å²) in [6, 6.07) is 21.1. The second-order valence-corrected chi connectivity index (χ2v) is 6.91. The number of rotatable bonds is 6. The van der Waals surface area contributed by atoms with Crippen molar-refractivity contribution in [3.63, 3.8) is 0 Å². The molecule has 29 heavy (non-hydrogen) atoms. The van der Waals surface area contributed by atoms with Crippen LogP contribution in [0.4, 0.5) is 5.69 Å². The summed E-state index contributed by atoms with van der Waals surface area (Å²) < 4.78 is 11.4. The molecule has 0 bridgehead atoms. The molecule has 3 aromatic carbocycles. The molecule has 0 aliphatic rings. The zero-order chi connectivity index (χ0) is 20.2. The van der Waals surface area contributed by atoms with Crippen molar-refractivity contribution in [1.29, 1.82) is 0 Å². The average molecular weight is 386 g/mol. The Kier molecular flexibility index (Phi) is 5.29. The Hall–Kier alpha value is -3.60. The number of ether oxygens (including phenoxy) is 1. The third-order valence-electron chi connectivity index (χ3n) is 4.64. The van der Waals surface area contributed by atoms with Crippen molar-refractivity contribution < 1.29 is 13.9 Å². The molecular weight excluding hydrogens is 364 g/mol. The monoisotopic (exact) mass is 386 g/mol. The maximum Gasteiger partial charge on any atom is 0.262 e. The lowest BCUT2D eigenvalue weighted by Gasteiger charge is -2.08. The molecule has 1 N–H and O–H groups in total. The minimum atomic E-state index is -0.230. The molecule has 5 heteroatoms. The molecule has 0 saturated heterocycles. The predicted octanol–water partition coefficient (Wildman–Crippen LogP) is 5.38. The topological polar surface area (TPSA) is 64.4 Å². The van der Waals surface area contributed by atoms with Crippen molar-refractivity contribution in [2.75, 3.05) is 11.9 Å². The lowest BCUT2D eigenvalue weighted by molar-refractivity contribution is -0.118. The summed E-state index contributed by atoms with van der Waals surface area (Å²) in [4.78, 5) is 16.8. The van der Waals surface area contributed by atoms with Gasteiger partial charge in [-0.1, -0.05) is 36.8 Å². The van der Waals surface area contributed by atoms with Gasteiger partial charge in [0.15, 0.2) is 12.2 Å². The molecule has 0 aliphatic carbocycles. The summed E-state index contributed by atoms with van der Waals surface area (Å²) in [5.41, 5.74) is 5.31. The van der Waals surface area contributed by atoms with Crippen molar-refractivity contribution in [3.8, 4) is 17.2 Å². The molecule has 146 valence electrons. The van der Waals surface area contributed by atoms with Crippen LogP contribution in [0.15, 0.2) is 71.1 Å². The van der Waals surface area contributed by atoms with Crippen LogP contribution in [0.2, 0.25) is 0 Å². The Balaban J connectivity index is 1.43. The fourth-order valence-electron chi connectivity index (χ4n) is 3.07. The summed E-state index contributed by atoms with van der Waals surface area (Å²) in [7, 11) is 0. The molecule has 0 unspecified atom stereocenters. The van der Waals surface area contributed by atoms with Gasteiger partial charge in [0.1, 0.15) is 11.3 Å². The largest absolute Gasteiger partial charge is 0.484 e. The van der Waals surface area contributed by atoms with Gasteiger partial charge in [-0.3, -0.25) is 4.79 Å². The van der Waals surface area contributed by atoms with Crippen LogP contribution in [0.1, 0.15) is 18.1 Å². The average Bonchev–Trinajstić information content (AvgIpc) is 3.16. The minimum Gasteiger partial charge on any atom is -0.484 e. The van der Waals surface area contributed by atoms with Gasteiger partial charge >= 0.3 is 0 Å². The lowest BCUT2D eigenvalue weighted by atomic mass is 10.1. The van der Waals surface area contributed by atoms with Gasteiger partial charge in [-0.2, -0.15) is 0 Å². The van der Waals surface area contributed by atoms with E-state index in [-0.39, 0.29) is 12.5 Å². The normalized spacial score (nSPS) is 10.8. The highest BCUT2D eigenvalue weighted by atomic mass is 16.5. The number of carbonyl (C=O) groups excluding carboxylic acids is 1. The number of aromatic nitrogens is 1. The van der Waals surface area contributed by atoms with Gasteiger partial charge in [0.25, 0.3) is 5.91 Å². The number of fused-ring (bicyclic) bond motifs is 1. The molecule has 0 atom stereocenters. The van der Waals surface area contributed by atoms with Gasteiger partial charge in [-0.05, 0) is 61.4 Å².